The maximum atomic E-state index is 12.8. The van der Waals surface area contributed by atoms with Gasteiger partial charge < -0.3 is 14.6 Å². The molecule has 4 heterocycles. The molecular weight excluding hydrogens is 404 g/mol. The van der Waals surface area contributed by atoms with Crippen LogP contribution in [0.4, 0.5) is 5.69 Å². The average molecular weight is 431 g/mol. The molecule has 1 fully saturated rings. The summed E-state index contributed by atoms with van der Waals surface area (Å²) in [6, 6.07) is 13.8. The van der Waals surface area contributed by atoms with E-state index in [9.17, 15) is 4.79 Å². The van der Waals surface area contributed by atoms with E-state index in [4.69, 9.17) is 9.72 Å². The summed E-state index contributed by atoms with van der Waals surface area (Å²) in [5.74, 6) is 0.747. The van der Waals surface area contributed by atoms with Crippen LogP contribution in [0.5, 0.6) is 0 Å². The number of nitrogens with zero attached hydrogens (tertiary/aromatic N) is 5. The molecule has 1 aromatic carbocycles. The highest BCUT2D eigenvalue weighted by molar-refractivity contribution is 5.74. The predicted molar refractivity (Wildman–Crippen MR) is 123 cm³/mol. The fourth-order valence-corrected chi connectivity index (χ4v) is 4.26. The van der Waals surface area contributed by atoms with Gasteiger partial charge in [0.1, 0.15) is 29.6 Å². The number of aromatic nitrogens is 5. The number of nitrogens with one attached hydrogen (secondary N) is 1. The highest BCUT2D eigenvalue weighted by Crippen LogP contribution is 2.29. The minimum absolute atomic E-state index is 0.0891. The van der Waals surface area contributed by atoms with Gasteiger partial charge in [0.05, 0.1) is 12.2 Å². The van der Waals surface area contributed by atoms with Crippen LogP contribution in [0, 0.1) is 0 Å². The fourth-order valence-electron chi connectivity index (χ4n) is 4.26. The van der Waals surface area contributed by atoms with Crippen LogP contribution in [0.3, 0.4) is 0 Å². The third kappa shape index (κ3) is 3.89. The Hall–Kier alpha value is -3.52. The molecule has 4 aromatic rings. The Balaban J connectivity index is 1.62. The lowest BCUT2D eigenvalue weighted by Gasteiger charge is -2.25. The van der Waals surface area contributed by atoms with E-state index in [0.29, 0.717) is 25.3 Å². The van der Waals surface area contributed by atoms with Gasteiger partial charge in [-0.15, -0.1) is 0 Å². The highest BCUT2D eigenvalue weighted by atomic mass is 16.5. The lowest BCUT2D eigenvalue weighted by Crippen LogP contribution is -2.26. The molecule has 8 nitrogen and oxygen atoms in total. The van der Waals surface area contributed by atoms with E-state index in [1.165, 1.54) is 0 Å². The van der Waals surface area contributed by atoms with Gasteiger partial charge in [-0.3, -0.25) is 9.36 Å². The normalized spacial score (nSPS) is 16.3. The van der Waals surface area contributed by atoms with Crippen molar-refractivity contribution in [2.24, 2.45) is 0 Å². The van der Waals surface area contributed by atoms with Crippen molar-refractivity contribution in [1.29, 1.82) is 0 Å². The van der Waals surface area contributed by atoms with Crippen LogP contribution < -0.4 is 10.9 Å². The molecule has 164 valence electrons. The number of imidazole rings is 1. The molecule has 0 saturated carbocycles. The molecule has 1 aliphatic rings. The average Bonchev–Trinajstić information content (AvgIpc) is 3.21. The van der Waals surface area contributed by atoms with Crippen LogP contribution in [0.1, 0.15) is 42.6 Å². The Morgan fingerprint density at radius 3 is 2.78 bits per heavy atom. The van der Waals surface area contributed by atoms with E-state index >= 15 is 0 Å². The van der Waals surface area contributed by atoms with E-state index < -0.39 is 0 Å². The first-order valence-corrected chi connectivity index (χ1v) is 11.0. The van der Waals surface area contributed by atoms with Gasteiger partial charge in [-0.2, -0.15) is 0 Å². The fraction of sp³-hybridized carbons (Fsp3) is 0.333. The molecule has 0 bridgehead atoms. The Labute approximate surface area is 185 Å². The zero-order chi connectivity index (χ0) is 21.9. The molecule has 3 aromatic heterocycles. The monoisotopic (exact) mass is 430 g/mol. The first-order valence-electron chi connectivity index (χ1n) is 11.0. The predicted octanol–water partition coefficient (Wildman–Crippen LogP) is 3.37. The van der Waals surface area contributed by atoms with Crippen molar-refractivity contribution < 1.29 is 4.74 Å². The summed E-state index contributed by atoms with van der Waals surface area (Å²) in [4.78, 5) is 26.9. The Morgan fingerprint density at radius 1 is 1.12 bits per heavy atom. The Morgan fingerprint density at radius 2 is 2.00 bits per heavy atom. The number of anilines is 1. The summed E-state index contributed by atoms with van der Waals surface area (Å²) in [6.07, 6.45) is 6.92. The summed E-state index contributed by atoms with van der Waals surface area (Å²) in [5.41, 5.74) is 4.01. The zero-order valence-electron chi connectivity index (χ0n) is 18.1. The van der Waals surface area contributed by atoms with Crippen LogP contribution in [0.2, 0.25) is 0 Å². The molecular formula is C24H26N6O2. The molecule has 0 aliphatic carbocycles. The van der Waals surface area contributed by atoms with E-state index in [2.05, 4.69) is 32.0 Å². The van der Waals surface area contributed by atoms with Gasteiger partial charge in [-0.05, 0) is 37.0 Å². The molecule has 0 amide bonds. The van der Waals surface area contributed by atoms with Crippen molar-refractivity contribution in [2.75, 3.05) is 19.0 Å². The van der Waals surface area contributed by atoms with Crippen molar-refractivity contribution in [2.45, 2.75) is 38.5 Å². The maximum Gasteiger partial charge on any atom is 0.274 e. The van der Waals surface area contributed by atoms with Crippen LogP contribution in [0.25, 0.3) is 11.2 Å². The molecule has 1 N–H and O–H groups in total. The minimum Gasteiger partial charge on any atom is -0.384 e. The second kappa shape index (κ2) is 8.92. The molecule has 8 heteroatoms. The number of hydrogen-bond donors (Lipinski definition) is 1. The van der Waals surface area contributed by atoms with E-state index in [0.717, 1.165) is 47.5 Å². The van der Waals surface area contributed by atoms with Crippen LogP contribution >= 0.6 is 0 Å². The number of pyridine rings is 1. The highest BCUT2D eigenvalue weighted by Gasteiger charge is 2.25. The van der Waals surface area contributed by atoms with E-state index in [-0.39, 0.29) is 11.8 Å². The number of ether oxygens (including phenoxy) is 1. The van der Waals surface area contributed by atoms with Gasteiger partial charge in [0.15, 0.2) is 5.65 Å². The lowest BCUT2D eigenvalue weighted by molar-refractivity contribution is -0.0314. The lowest BCUT2D eigenvalue weighted by atomic mass is 10.1. The second-order valence-corrected chi connectivity index (χ2v) is 7.98. The van der Waals surface area contributed by atoms with Crippen LogP contribution in [-0.4, -0.2) is 37.7 Å². The van der Waals surface area contributed by atoms with Gasteiger partial charge in [-0.1, -0.05) is 30.3 Å². The van der Waals surface area contributed by atoms with Gasteiger partial charge in [-0.25, -0.2) is 15.0 Å². The molecule has 1 atom stereocenters. The Kier molecular flexibility index (Phi) is 5.68. The van der Waals surface area contributed by atoms with Crippen molar-refractivity contribution >= 4 is 16.9 Å². The van der Waals surface area contributed by atoms with Gasteiger partial charge in [0.2, 0.25) is 0 Å². The standard InChI is InChI=1S/C24H26N6O2/c1-25-18-10-7-12-29(24(18)31)15-20-28-22-19(14-17-8-3-2-4-9-17)26-16-27-23(22)30(20)21-11-5-6-13-32-21/h2-4,7-10,12,16,21,25H,5-6,11,13-15H2,1H3. The number of rotatable bonds is 6. The minimum atomic E-state index is -0.147. The Bertz CT molecular complexity index is 1270. The molecule has 1 aliphatic heterocycles. The first-order chi connectivity index (χ1) is 15.7. The molecule has 5 rings (SSSR count). The zero-order valence-corrected chi connectivity index (χ0v) is 18.1. The number of fused-ring (bicyclic) bond motifs is 1. The summed E-state index contributed by atoms with van der Waals surface area (Å²) in [6.45, 7) is 1.04. The number of hydrogen-bond acceptors (Lipinski definition) is 6. The molecule has 0 radical (unpaired) electrons. The molecule has 0 spiro atoms. The SMILES string of the molecule is CNc1cccn(Cc2nc3c(Cc4ccccc4)ncnc3n2C2CCCCO2)c1=O. The van der Waals surface area contributed by atoms with Crippen molar-refractivity contribution in [3.63, 3.8) is 0 Å². The van der Waals surface area contributed by atoms with E-state index in [1.54, 1.807) is 30.2 Å². The third-order valence-corrected chi connectivity index (χ3v) is 5.89. The maximum absolute atomic E-state index is 12.8. The van der Waals surface area contributed by atoms with Gasteiger partial charge in [0.25, 0.3) is 5.56 Å². The quantitative estimate of drug-likeness (QED) is 0.505. The summed E-state index contributed by atoms with van der Waals surface area (Å²) in [7, 11) is 1.75. The van der Waals surface area contributed by atoms with E-state index in [1.807, 2.05) is 24.3 Å². The topological polar surface area (TPSA) is 86.9 Å². The van der Waals surface area contributed by atoms with Gasteiger partial charge in [0, 0.05) is 26.3 Å². The van der Waals surface area contributed by atoms with Crippen molar-refractivity contribution in [3.05, 3.63) is 82.4 Å². The number of benzene rings is 1. The molecule has 1 unspecified atom stereocenters. The third-order valence-electron chi connectivity index (χ3n) is 5.89. The summed E-state index contributed by atoms with van der Waals surface area (Å²) in [5, 5.41) is 2.95. The van der Waals surface area contributed by atoms with Gasteiger partial charge >= 0.3 is 0 Å². The van der Waals surface area contributed by atoms with Crippen molar-refractivity contribution in [1.82, 2.24) is 24.1 Å². The van der Waals surface area contributed by atoms with Crippen molar-refractivity contribution in [3.8, 4) is 0 Å². The largest absolute Gasteiger partial charge is 0.384 e. The molecule has 32 heavy (non-hydrogen) atoms. The summed E-state index contributed by atoms with van der Waals surface area (Å²) < 4.78 is 9.83. The van der Waals surface area contributed by atoms with Crippen LogP contribution in [0.15, 0.2) is 59.8 Å². The molecule has 1 saturated heterocycles. The van der Waals surface area contributed by atoms with Crippen LogP contribution in [-0.2, 0) is 17.7 Å². The smallest absolute Gasteiger partial charge is 0.274 e. The second-order valence-electron chi connectivity index (χ2n) is 7.98. The first kappa shape index (κ1) is 20.4. The summed E-state index contributed by atoms with van der Waals surface area (Å²) >= 11 is 0.